The second-order valence-electron chi connectivity index (χ2n) is 9.89. The Morgan fingerprint density at radius 1 is 1.14 bits per heavy atom. The van der Waals surface area contributed by atoms with Gasteiger partial charge in [0.15, 0.2) is 0 Å². The van der Waals surface area contributed by atoms with Gasteiger partial charge in [-0.2, -0.15) is 0 Å². The van der Waals surface area contributed by atoms with E-state index in [2.05, 4.69) is 31.3 Å². The summed E-state index contributed by atoms with van der Waals surface area (Å²) in [6, 6.07) is 10.4. The van der Waals surface area contributed by atoms with Gasteiger partial charge in [-0.1, -0.05) is 18.1 Å². The van der Waals surface area contributed by atoms with E-state index in [1.165, 1.54) is 0 Å². The number of imidazole rings is 1. The number of carbonyl (C=O) groups excluding carboxylic acids is 1. The van der Waals surface area contributed by atoms with Crippen molar-refractivity contribution in [2.45, 2.75) is 37.9 Å². The second kappa shape index (κ2) is 8.15. The number of benzene rings is 2. The zero-order valence-corrected chi connectivity index (χ0v) is 20.3. The average molecular weight is 493 g/mol. The predicted octanol–water partition coefficient (Wildman–Crippen LogP) is 3.52. The zero-order chi connectivity index (χ0) is 27.8. The van der Waals surface area contributed by atoms with Crippen molar-refractivity contribution in [1.82, 2.24) is 24.4 Å². The second-order valence-corrected chi connectivity index (χ2v) is 9.89. The smallest absolute Gasteiger partial charge is 0.254 e. The van der Waals surface area contributed by atoms with Crippen LogP contribution in [0.15, 0.2) is 48.8 Å². The maximum atomic E-state index is 13.7. The lowest BCUT2D eigenvalue weighted by Crippen LogP contribution is -2.30. The Morgan fingerprint density at radius 3 is 2.76 bits per heavy atom. The van der Waals surface area contributed by atoms with E-state index in [0.717, 1.165) is 57.7 Å². The third-order valence-corrected chi connectivity index (χ3v) is 7.71. The van der Waals surface area contributed by atoms with Crippen LogP contribution in [0, 0.1) is 11.8 Å². The van der Waals surface area contributed by atoms with Crippen LogP contribution in [0.3, 0.4) is 0 Å². The number of nitrogens with zero attached hydrogens (tertiary/aromatic N) is 6. The molecule has 4 aromatic rings. The molecule has 37 heavy (non-hydrogen) atoms. The Bertz CT molecular complexity index is 1730. The molecular weight excluding hydrogens is 462 g/mol. The molecule has 2 aromatic heterocycles. The Hall–Kier alpha value is -4.22. The first kappa shape index (κ1) is 19.0. The summed E-state index contributed by atoms with van der Waals surface area (Å²) in [5, 5.41) is 0. The molecule has 2 N–H and O–H groups in total. The van der Waals surface area contributed by atoms with Crippen molar-refractivity contribution in [1.29, 1.82) is 0 Å². The van der Waals surface area contributed by atoms with Crippen molar-refractivity contribution in [3.63, 3.8) is 0 Å². The van der Waals surface area contributed by atoms with E-state index in [1.807, 2.05) is 36.7 Å². The van der Waals surface area contributed by atoms with E-state index in [4.69, 9.17) is 14.8 Å². The van der Waals surface area contributed by atoms with Gasteiger partial charge in [-0.3, -0.25) is 4.79 Å². The first-order valence-corrected chi connectivity index (χ1v) is 12.5. The van der Waals surface area contributed by atoms with Crippen LogP contribution < -0.4 is 10.6 Å². The lowest BCUT2D eigenvalue weighted by molar-refractivity contribution is 0.0734. The van der Waals surface area contributed by atoms with Gasteiger partial charge in [-0.15, -0.1) is 5.92 Å². The molecule has 0 radical (unpaired) electrons. The van der Waals surface area contributed by atoms with Gasteiger partial charge in [0.2, 0.25) is 5.95 Å². The topological polar surface area (TPSA) is 93.2 Å². The first-order chi connectivity index (χ1) is 19.2. The fourth-order valence-electron chi connectivity index (χ4n) is 5.97. The highest BCUT2D eigenvalue weighted by atomic mass is 16.2. The van der Waals surface area contributed by atoms with E-state index in [9.17, 15) is 4.79 Å². The lowest BCUT2D eigenvalue weighted by Gasteiger charge is -2.24. The van der Waals surface area contributed by atoms with Crippen LogP contribution in [0.4, 0.5) is 5.95 Å². The number of rotatable bonds is 2. The van der Waals surface area contributed by atoms with Crippen molar-refractivity contribution >= 4 is 22.9 Å². The Labute approximate surface area is 219 Å². The van der Waals surface area contributed by atoms with Crippen LogP contribution in [0.1, 0.15) is 63.3 Å². The quantitative estimate of drug-likeness (QED) is 0.431. The van der Waals surface area contributed by atoms with Gasteiger partial charge in [-0.25, -0.2) is 15.0 Å². The maximum Gasteiger partial charge on any atom is 0.254 e. The van der Waals surface area contributed by atoms with Crippen molar-refractivity contribution < 1.29 is 8.91 Å². The van der Waals surface area contributed by atoms with Crippen molar-refractivity contribution in [2.75, 3.05) is 25.0 Å². The first-order valence-electron chi connectivity index (χ1n) is 14.0. The molecule has 2 bridgehead atoms. The minimum atomic E-state index is -2.63. The molecule has 5 heterocycles. The summed E-state index contributed by atoms with van der Waals surface area (Å²) in [6.07, 6.45) is 4.97. The normalized spacial score (nSPS) is 23.6. The fourth-order valence-corrected chi connectivity index (χ4v) is 5.97. The number of amides is 1. The number of hydrogen-bond acceptors (Lipinski definition) is 6. The maximum absolute atomic E-state index is 13.7. The summed E-state index contributed by atoms with van der Waals surface area (Å²) < 4.78 is 26.8. The molecule has 184 valence electrons. The third kappa shape index (κ3) is 3.27. The van der Waals surface area contributed by atoms with Gasteiger partial charge in [0.05, 0.1) is 23.1 Å². The molecule has 8 heteroatoms. The number of aromatic nitrogens is 4. The summed E-state index contributed by atoms with van der Waals surface area (Å²) in [7, 11) is 0. The SMILES string of the molecule is [2H]C([2H])([2H])N1C(=O)c2cccc(C#CC)c2[C@H]2C[C@@H]1c1nc3ccc(-c4cnc(N5CC[C@H](N)C5)nc4)cc3n12. The number of fused-ring (bicyclic) bond motifs is 9. The minimum absolute atomic E-state index is 0.142. The molecule has 0 aliphatic carbocycles. The van der Waals surface area contributed by atoms with Gasteiger partial charge in [0.25, 0.3) is 5.91 Å². The monoisotopic (exact) mass is 492 g/mol. The number of carbonyl (C=O) groups is 1. The Balaban J connectivity index is 1.38. The van der Waals surface area contributed by atoms with Crippen LogP contribution in [0.5, 0.6) is 0 Å². The van der Waals surface area contributed by atoms with E-state index >= 15 is 0 Å². The highest BCUT2D eigenvalue weighted by molar-refractivity contribution is 5.98. The molecule has 1 amide bonds. The van der Waals surface area contributed by atoms with Gasteiger partial charge in [0.1, 0.15) is 5.82 Å². The number of anilines is 1. The van der Waals surface area contributed by atoms with Crippen LogP contribution in [0.2, 0.25) is 0 Å². The highest BCUT2D eigenvalue weighted by Gasteiger charge is 2.44. The predicted molar refractivity (Wildman–Crippen MR) is 142 cm³/mol. The van der Waals surface area contributed by atoms with Gasteiger partial charge >= 0.3 is 0 Å². The van der Waals surface area contributed by atoms with Gasteiger partial charge < -0.3 is 20.1 Å². The van der Waals surface area contributed by atoms with Crippen LogP contribution in [0.25, 0.3) is 22.2 Å². The molecule has 8 nitrogen and oxygen atoms in total. The molecule has 1 fully saturated rings. The summed E-state index contributed by atoms with van der Waals surface area (Å²) in [6.45, 7) is 0.715. The number of hydrogen-bond donors (Lipinski definition) is 1. The summed E-state index contributed by atoms with van der Waals surface area (Å²) in [5.74, 6) is 6.81. The number of nitrogens with two attached hydrogens (primary N) is 1. The van der Waals surface area contributed by atoms with Crippen LogP contribution in [-0.4, -0.2) is 56.4 Å². The highest BCUT2D eigenvalue weighted by Crippen LogP contribution is 2.48. The van der Waals surface area contributed by atoms with Gasteiger partial charge in [0, 0.05) is 71.3 Å². The summed E-state index contributed by atoms with van der Waals surface area (Å²) in [5.41, 5.74) is 11.3. The standard InChI is InChI=1S/C29H27N7O/c1-3-5-17-6-4-7-21-26(17)24-13-25(34(2)28(21)37)27-33-22-9-8-18(12-23(22)36(24)27)19-14-31-29(32-15-19)35-11-10-20(30)16-35/h4,6-9,12,14-15,20,24-25H,10-11,13,16,30H2,1-2H3/t20-,24+,25+/m0/s1/i2D3. The van der Waals surface area contributed by atoms with Gasteiger partial charge in [-0.05, 0) is 43.2 Å². The summed E-state index contributed by atoms with van der Waals surface area (Å²) >= 11 is 0. The molecular formula is C29H27N7O. The van der Waals surface area contributed by atoms with Crippen LogP contribution in [-0.2, 0) is 0 Å². The lowest BCUT2D eigenvalue weighted by atomic mass is 9.93. The van der Waals surface area contributed by atoms with E-state index in [0.29, 0.717) is 23.8 Å². The molecule has 7 rings (SSSR count). The van der Waals surface area contributed by atoms with E-state index in [1.54, 1.807) is 19.1 Å². The van der Waals surface area contributed by atoms with E-state index in [-0.39, 0.29) is 12.1 Å². The average Bonchev–Trinajstić information content (AvgIpc) is 3.60. The van der Waals surface area contributed by atoms with Crippen molar-refractivity contribution in [3.8, 4) is 23.0 Å². The van der Waals surface area contributed by atoms with Crippen molar-refractivity contribution in [3.05, 3.63) is 71.3 Å². The fraction of sp³-hybridized carbons (Fsp3) is 0.310. The van der Waals surface area contributed by atoms with E-state index < -0.39 is 18.9 Å². The Morgan fingerprint density at radius 2 is 2.00 bits per heavy atom. The molecule has 2 aromatic carbocycles. The molecule has 3 aliphatic rings. The third-order valence-electron chi connectivity index (χ3n) is 7.71. The Kier molecular flexibility index (Phi) is 4.18. The van der Waals surface area contributed by atoms with Crippen LogP contribution >= 0.6 is 0 Å². The molecule has 3 aliphatic heterocycles. The largest absolute Gasteiger partial charge is 0.339 e. The van der Waals surface area contributed by atoms with Crippen molar-refractivity contribution in [2.24, 2.45) is 5.73 Å². The molecule has 0 spiro atoms. The molecule has 3 atom stereocenters. The summed E-state index contributed by atoms with van der Waals surface area (Å²) in [4.78, 5) is 30.9. The zero-order valence-electron chi connectivity index (χ0n) is 23.3. The molecule has 1 saturated heterocycles. The molecule has 0 saturated carbocycles. The minimum Gasteiger partial charge on any atom is -0.339 e. The molecule has 0 unspecified atom stereocenters.